The monoisotopic (exact) mass is 650 g/mol. The molecule has 242 valence electrons. The molecule has 2 atom stereocenters. The van der Waals surface area contributed by atoms with Crippen LogP contribution in [-0.4, -0.2) is 0 Å². The second-order valence-electron chi connectivity index (χ2n) is 13.9. The van der Waals surface area contributed by atoms with Gasteiger partial charge in [-0.15, -0.1) is 0 Å². The molecular formula is C46H40N3O+3. The molecule has 0 N–H and O–H groups in total. The third-order valence-electron chi connectivity index (χ3n) is 10.7. The number of para-hydroxylation sites is 1. The Balaban J connectivity index is 1.45. The maximum atomic E-state index is 6.66. The van der Waals surface area contributed by atoms with Crippen molar-refractivity contribution in [3.05, 3.63) is 173 Å². The van der Waals surface area contributed by atoms with Crippen LogP contribution in [0.15, 0.2) is 144 Å². The van der Waals surface area contributed by atoms with Crippen LogP contribution in [0.3, 0.4) is 0 Å². The summed E-state index contributed by atoms with van der Waals surface area (Å²) in [6.45, 7) is 8.87. The molecule has 2 unspecified atom stereocenters. The molecule has 0 saturated carbocycles. The zero-order valence-corrected chi connectivity index (χ0v) is 29.2. The summed E-state index contributed by atoms with van der Waals surface area (Å²) in [5, 5.41) is 2.27. The van der Waals surface area contributed by atoms with E-state index in [0.717, 1.165) is 21.9 Å². The number of aromatic nitrogens is 3. The minimum absolute atomic E-state index is 0.0723. The normalized spacial score (nSPS) is 15.3. The van der Waals surface area contributed by atoms with E-state index in [0.29, 0.717) is 0 Å². The highest BCUT2D eigenvalue weighted by molar-refractivity contribution is 6.06. The van der Waals surface area contributed by atoms with Crippen molar-refractivity contribution in [2.45, 2.75) is 39.8 Å². The van der Waals surface area contributed by atoms with Crippen molar-refractivity contribution >= 4 is 21.9 Å². The molecule has 4 aromatic heterocycles. The van der Waals surface area contributed by atoms with Gasteiger partial charge in [-0.3, -0.25) is 0 Å². The van der Waals surface area contributed by atoms with E-state index in [1.807, 2.05) is 0 Å². The van der Waals surface area contributed by atoms with Crippen LogP contribution < -0.4 is 13.7 Å². The molecule has 1 aliphatic heterocycles. The van der Waals surface area contributed by atoms with Gasteiger partial charge in [-0.1, -0.05) is 54.6 Å². The third-order valence-corrected chi connectivity index (χ3v) is 10.7. The predicted molar refractivity (Wildman–Crippen MR) is 200 cm³/mol. The van der Waals surface area contributed by atoms with Crippen LogP contribution in [-0.2, 0) is 7.05 Å². The number of furan rings is 1. The fourth-order valence-electron chi connectivity index (χ4n) is 8.46. The summed E-state index contributed by atoms with van der Waals surface area (Å²) >= 11 is 0. The van der Waals surface area contributed by atoms with Gasteiger partial charge in [0.15, 0.2) is 17.6 Å². The molecule has 0 fully saturated rings. The molecule has 8 aromatic rings. The van der Waals surface area contributed by atoms with E-state index < -0.39 is 0 Å². The van der Waals surface area contributed by atoms with Gasteiger partial charge in [-0.2, -0.15) is 9.13 Å². The van der Waals surface area contributed by atoms with Crippen LogP contribution in [0.5, 0.6) is 0 Å². The quantitative estimate of drug-likeness (QED) is 0.174. The fourth-order valence-corrected chi connectivity index (χ4v) is 8.46. The number of hydrogen-bond acceptors (Lipinski definition) is 1. The van der Waals surface area contributed by atoms with E-state index in [1.54, 1.807) is 0 Å². The Bertz CT molecular complexity index is 2630. The van der Waals surface area contributed by atoms with Gasteiger partial charge in [-0.25, -0.2) is 4.57 Å². The Kier molecular flexibility index (Phi) is 7.03. The van der Waals surface area contributed by atoms with Crippen molar-refractivity contribution in [3.8, 4) is 33.8 Å². The van der Waals surface area contributed by atoms with Crippen molar-refractivity contribution in [1.29, 1.82) is 0 Å². The second-order valence-corrected chi connectivity index (χ2v) is 13.9. The minimum Gasteiger partial charge on any atom is -0.456 e. The number of aryl methyl sites for hydroxylation is 5. The van der Waals surface area contributed by atoms with Gasteiger partial charge >= 0.3 is 0 Å². The summed E-state index contributed by atoms with van der Waals surface area (Å²) in [5.41, 5.74) is 16.5. The first-order chi connectivity index (χ1) is 24.4. The first-order valence-corrected chi connectivity index (χ1v) is 17.5. The summed E-state index contributed by atoms with van der Waals surface area (Å²) in [6, 6.07) is 48.7. The average molecular weight is 651 g/mol. The highest BCUT2D eigenvalue weighted by Gasteiger charge is 2.51. The molecule has 0 radical (unpaired) electrons. The van der Waals surface area contributed by atoms with E-state index in [1.165, 1.54) is 67.4 Å². The van der Waals surface area contributed by atoms with E-state index in [9.17, 15) is 0 Å². The average Bonchev–Trinajstić information content (AvgIpc) is 3.49. The number of nitrogens with zero attached hydrogens (tertiary/aromatic N) is 3. The smallest absolute Gasteiger partial charge is 0.250 e. The maximum Gasteiger partial charge on any atom is 0.250 e. The Hall–Kier alpha value is -5.87. The van der Waals surface area contributed by atoms with Crippen LogP contribution in [0, 0.1) is 27.7 Å². The molecule has 0 bridgehead atoms. The standard InChI is InChI=1S/C46H40N3O/c1-29-24-25-40(47(5)28-29)37-26-38-35-19-10-11-23-43(35)50-44(38)27-39(37)46-45(36-20-9-8-18-34(36)42-22-13-16-32(4)49(42)46)48-31(3)15-12-21-41(48)33-17-7-6-14-30(33)2/h6-28,45-46H,1-5H3/q+3. The first-order valence-electron chi connectivity index (χ1n) is 17.5. The largest absolute Gasteiger partial charge is 0.456 e. The molecule has 4 aromatic carbocycles. The Morgan fingerprint density at radius 2 is 1.12 bits per heavy atom. The van der Waals surface area contributed by atoms with Gasteiger partial charge in [0.2, 0.25) is 17.1 Å². The van der Waals surface area contributed by atoms with E-state index in [4.69, 9.17) is 4.42 Å². The minimum atomic E-state index is -0.108. The highest BCUT2D eigenvalue weighted by Crippen LogP contribution is 2.45. The van der Waals surface area contributed by atoms with Gasteiger partial charge in [0, 0.05) is 77.2 Å². The molecule has 50 heavy (non-hydrogen) atoms. The molecule has 9 rings (SSSR count). The number of hydrogen-bond donors (Lipinski definition) is 0. The highest BCUT2D eigenvalue weighted by atomic mass is 16.3. The van der Waals surface area contributed by atoms with Crippen molar-refractivity contribution < 1.29 is 18.1 Å². The summed E-state index contributed by atoms with van der Waals surface area (Å²) in [4.78, 5) is 0. The molecule has 4 heteroatoms. The molecule has 0 aliphatic carbocycles. The van der Waals surface area contributed by atoms with E-state index >= 15 is 0 Å². The Labute approximate surface area is 293 Å². The van der Waals surface area contributed by atoms with E-state index in [2.05, 4.69) is 188 Å². The summed E-state index contributed by atoms with van der Waals surface area (Å²) in [6.07, 6.45) is 2.23. The van der Waals surface area contributed by atoms with Gasteiger partial charge in [0.25, 0.3) is 12.1 Å². The molecule has 0 amide bonds. The van der Waals surface area contributed by atoms with Gasteiger partial charge in [-0.05, 0) is 67.9 Å². The molecule has 4 nitrogen and oxygen atoms in total. The fraction of sp³-hybridized carbons (Fsp3) is 0.152. The van der Waals surface area contributed by atoms with Crippen molar-refractivity contribution in [2.75, 3.05) is 0 Å². The van der Waals surface area contributed by atoms with Gasteiger partial charge in [0.1, 0.15) is 18.2 Å². The Morgan fingerprint density at radius 3 is 1.86 bits per heavy atom. The lowest BCUT2D eigenvalue weighted by molar-refractivity contribution is -0.801. The van der Waals surface area contributed by atoms with Crippen molar-refractivity contribution in [2.24, 2.45) is 7.05 Å². The van der Waals surface area contributed by atoms with Crippen LogP contribution in [0.4, 0.5) is 0 Å². The predicted octanol–water partition coefficient (Wildman–Crippen LogP) is 9.41. The third kappa shape index (κ3) is 4.63. The van der Waals surface area contributed by atoms with E-state index in [-0.39, 0.29) is 12.1 Å². The number of pyridine rings is 3. The molecule has 1 aliphatic rings. The molecule has 0 saturated heterocycles. The number of rotatable bonds is 4. The number of fused-ring (bicyclic) bond motifs is 6. The van der Waals surface area contributed by atoms with Crippen LogP contribution in [0.2, 0.25) is 0 Å². The summed E-state index contributed by atoms with van der Waals surface area (Å²) in [7, 11) is 2.16. The Morgan fingerprint density at radius 1 is 0.480 bits per heavy atom. The lowest BCUT2D eigenvalue weighted by Gasteiger charge is -2.30. The molecular weight excluding hydrogens is 611 g/mol. The van der Waals surface area contributed by atoms with Crippen LogP contribution >= 0.6 is 0 Å². The molecule has 0 spiro atoms. The topological polar surface area (TPSA) is 24.8 Å². The zero-order valence-electron chi connectivity index (χ0n) is 29.2. The lowest BCUT2D eigenvalue weighted by Crippen LogP contribution is -2.60. The SMILES string of the molecule is Cc1ccc(-c2cc3c(cc2C2C([n+]4c(C)cccc4-c4ccccc4C)c4ccccc4-c4cccc(C)[n+]42)oc2ccccc23)[n+](C)c1. The van der Waals surface area contributed by atoms with Crippen molar-refractivity contribution in [1.82, 2.24) is 0 Å². The van der Waals surface area contributed by atoms with Crippen LogP contribution in [0.1, 0.15) is 45.7 Å². The zero-order chi connectivity index (χ0) is 34.1. The first kappa shape index (κ1) is 30.2. The van der Waals surface area contributed by atoms with Gasteiger partial charge < -0.3 is 4.42 Å². The summed E-state index contributed by atoms with van der Waals surface area (Å²) < 4.78 is 14.1. The lowest BCUT2D eigenvalue weighted by atomic mass is 9.81. The van der Waals surface area contributed by atoms with Crippen molar-refractivity contribution in [3.63, 3.8) is 0 Å². The second kappa shape index (κ2) is 11.6. The van der Waals surface area contributed by atoms with Crippen LogP contribution in [0.25, 0.3) is 55.7 Å². The summed E-state index contributed by atoms with van der Waals surface area (Å²) in [5.74, 6) is 0. The number of benzene rings is 4. The maximum absolute atomic E-state index is 6.66. The van der Waals surface area contributed by atoms with Gasteiger partial charge in [0.05, 0.1) is 11.1 Å². The molecule has 5 heterocycles.